The Labute approximate surface area is 171 Å². The Morgan fingerprint density at radius 2 is 1.97 bits per heavy atom. The molecule has 154 valence electrons. The highest BCUT2D eigenvalue weighted by atomic mass is 16.6. The highest BCUT2D eigenvalue weighted by Crippen LogP contribution is 2.21. The lowest BCUT2D eigenvalue weighted by atomic mass is 10.1. The Balaban J connectivity index is 1.71. The minimum atomic E-state index is -0.777. The van der Waals surface area contributed by atoms with Crippen LogP contribution in [0.4, 0.5) is 11.4 Å². The summed E-state index contributed by atoms with van der Waals surface area (Å²) >= 11 is 0. The van der Waals surface area contributed by atoms with Gasteiger partial charge in [0.2, 0.25) is 0 Å². The first-order chi connectivity index (χ1) is 14.5. The molecule has 1 N–H and O–H groups in total. The van der Waals surface area contributed by atoms with E-state index >= 15 is 0 Å². The molecule has 0 radical (unpaired) electrons. The summed E-state index contributed by atoms with van der Waals surface area (Å²) in [6.45, 7) is 0.944. The van der Waals surface area contributed by atoms with E-state index in [1.165, 1.54) is 6.07 Å². The van der Waals surface area contributed by atoms with E-state index in [0.29, 0.717) is 24.6 Å². The molecule has 1 heterocycles. The van der Waals surface area contributed by atoms with Gasteiger partial charge in [0.05, 0.1) is 24.1 Å². The summed E-state index contributed by atoms with van der Waals surface area (Å²) in [7, 11) is 1.15. The highest BCUT2D eigenvalue weighted by Gasteiger charge is 2.18. The highest BCUT2D eigenvalue weighted by molar-refractivity contribution is 6.06. The summed E-state index contributed by atoms with van der Waals surface area (Å²) in [6.07, 6.45) is 3.50. The maximum atomic E-state index is 12.6. The lowest BCUT2D eigenvalue weighted by Crippen LogP contribution is -2.14. The monoisotopic (exact) mass is 410 g/mol. The molecular formula is C20H18N4O6. The molecule has 2 aromatic carbocycles. The van der Waals surface area contributed by atoms with E-state index < -0.39 is 22.5 Å². The molecule has 0 bridgehead atoms. The van der Waals surface area contributed by atoms with E-state index in [-0.39, 0.29) is 11.1 Å². The van der Waals surface area contributed by atoms with Crippen molar-refractivity contribution in [3.8, 4) is 5.75 Å². The van der Waals surface area contributed by atoms with Crippen LogP contribution in [0.15, 0.2) is 60.9 Å². The zero-order valence-corrected chi connectivity index (χ0v) is 16.0. The van der Waals surface area contributed by atoms with Gasteiger partial charge in [0.25, 0.3) is 11.6 Å². The number of carbonyl (C=O) groups excluding carboxylic acids is 2. The number of carbonyl (C=O) groups is 2. The van der Waals surface area contributed by atoms with Crippen LogP contribution in [0.25, 0.3) is 0 Å². The maximum Gasteiger partial charge on any atom is 0.338 e. The normalized spacial score (nSPS) is 10.3. The molecule has 0 aliphatic carbocycles. The number of esters is 1. The Kier molecular flexibility index (Phi) is 6.38. The summed E-state index contributed by atoms with van der Waals surface area (Å²) in [4.78, 5) is 34.8. The molecule has 10 heteroatoms. The van der Waals surface area contributed by atoms with Crippen molar-refractivity contribution in [2.75, 3.05) is 19.0 Å². The van der Waals surface area contributed by atoms with Crippen LogP contribution >= 0.6 is 0 Å². The molecule has 0 aliphatic rings. The molecule has 30 heavy (non-hydrogen) atoms. The van der Waals surface area contributed by atoms with Crippen LogP contribution in [0, 0.1) is 10.1 Å². The first-order valence-electron chi connectivity index (χ1n) is 8.85. The average molecular weight is 410 g/mol. The van der Waals surface area contributed by atoms with Gasteiger partial charge in [-0.1, -0.05) is 6.07 Å². The zero-order chi connectivity index (χ0) is 21.5. The fourth-order valence-corrected chi connectivity index (χ4v) is 2.64. The van der Waals surface area contributed by atoms with Gasteiger partial charge in [-0.15, -0.1) is 0 Å². The molecule has 0 atom stereocenters. The van der Waals surface area contributed by atoms with Crippen LogP contribution in [0.5, 0.6) is 5.75 Å². The number of nitrogens with one attached hydrogen (secondary N) is 1. The second kappa shape index (κ2) is 9.32. The number of ether oxygens (including phenoxy) is 2. The van der Waals surface area contributed by atoms with Crippen LogP contribution in [0.3, 0.4) is 0 Å². The molecule has 3 aromatic rings. The number of benzene rings is 2. The Morgan fingerprint density at radius 1 is 1.17 bits per heavy atom. The van der Waals surface area contributed by atoms with Crippen LogP contribution < -0.4 is 10.1 Å². The van der Waals surface area contributed by atoms with Crippen molar-refractivity contribution in [2.24, 2.45) is 0 Å². The van der Waals surface area contributed by atoms with E-state index in [1.807, 2.05) is 12.3 Å². The van der Waals surface area contributed by atoms with Gasteiger partial charge in [0.1, 0.15) is 12.4 Å². The van der Waals surface area contributed by atoms with Gasteiger partial charge < -0.3 is 14.8 Å². The topological polar surface area (TPSA) is 126 Å². The summed E-state index contributed by atoms with van der Waals surface area (Å²) in [6, 6.07) is 11.9. The predicted octanol–water partition coefficient (Wildman–Crippen LogP) is 2.91. The van der Waals surface area contributed by atoms with Crippen LogP contribution in [-0.2, 0) is 11.3 Å². The quantitative estimate of drug-likeness (QED) is 0.344. The van der Waals surface area contributed by atoms with Crippen molar-refractivity contribution < 1.29 is 24.0 Å². The third-order valence-electron chi connectivity index (χ3n) is 4.05. The molecule has 0 aliphatic heterocycles. The Hall–Kier alpha value is -4.21. The fourth-order valence-electron chi connectivity index (χ4n) is 2.64. The van der Waals surface area contributed by atoms with Gasteiger partial charge in [-0.3, -0.25) is 19.6 Å². The van der Waals surface area contributed by atoms with Crippen LogP contribution in [0.1, 0.15) is 20.7 Å². The molecular weight excluding hydrogens is 392 g/mol. The largest absolute Gasteiger partial charge is 0.492 e. The molecule has 0 saturated carbocycles. The van der Waals surface area contributed by atoms with E-state index in [1.54, 1.807) is 35.1 Å². The van der Waals surface area contributed by atoms with Gasteiger partial charge in [-0.2, -0.15) is 5.10 Å². The lowest BCUT2D eigenvalue weighted by Gasteiger charge is -2.10. The SMILES string of the molecule is COC(=O)c1cc(C(=O)Nc2cccc(OCCn3cccn3)c2)cc([N+](=O)[O-])c1. The molecule has 1 amide bonds. The number of amides is 1. The van der Waals surface area contributed by atoms with Crippen molar-refractivity contribution in [1.82, 2.24) is 9.78 Å². The van der Waals surface area contributed by atoms with E-state index in [2.05, 4.69) is 15.2 Å². The van der Waals surface area contributed by atoms with Crippen molar-refractivity contribution >= 4 is 23.3 Å². The van der Waals surface area contributed by atoms with Crippen molar-refractivity contribution in [1.29, 1.82) is 0 Å². The van der Waals surface area contributed by atoms with Gasteiger partial charge >= 0.3 is 5.97 Å². The van der Waals surface area contributed by atoms with Gasteiger partial charge in [0, 0.05) is 41.8 Å². The number of nitro groups is 1. The van der Waals surface area contributed by atoms with Gasteiger partial charge in [-0.05, 0) is 24.3 Å². The predicted molar refractivity (Wildman–Crippen MR) is 107 cm³/mol. The number of nitro benzene ring substituents is 1. The number of hydrogen-bond donors (Lipinski definition) is 1. The van der Waals surface area contributed by atoms with E-state index in [9.17, 15) is 19.7 Å². The molecule has 3 rings (SSSR count). The van der Waals surface area contributed by atoms with Crippen molar-refractivity contribution in [3.05, 3.63) is 82.2 Å². The van der Waals surface area contributed by atoms with E-state index in [0.717, 1.165) is 19.2 Å². The van der Waals surface area contributed by atoms with Crippen molar-refractivity contribution in [3.63, 3.8) is 0 Å². The second-order valence-corrected chi connectivity index (χ2v) is 6.12. The van der Waals surface area contributed by atoms with Crippen LogP contribution in [-0.4, -0.2) is 40.3 Å². The number of hydrogen-bond acceptors (Lipinski definition) is 7. The van der Waals surface area contributed by atoms with E-state index in [4.69, 9.17) is 4.74 Å². The number of anilines is 1. The summed E-state index contributed by atoms with van der Waals surface area (Å²) in [5.74, 6) is -0.855. The minimum Gasteiger partial charge on any atom is -0.492 e. The molecule has 0 fully saturated rings. The maximum absolute atomic E-state index is 12.6. The summed E-state index contributed by atoms with van der Waals surface area (Å²) < 4.78 is 12.0. The molecule has 10 nitrogen and oxygen atoms in total. The Morgan fingerprint density at radius 3 is 2.67 bits per heavy atom. The first kappa shape index (κ1) is 20.5. The average Bonchev–Trinajstić information content (AvgIpc) is 3.26. The van der Waals surface area contributed by atoms with Crippen molar-refractivity contribution in [2.45, 2.75) is 6.54 Å². The number of methoxy groups -OCH3 is 1. The molecule has 1 aromatic heterocycles. The van der Waals surface area contributed by atoms with Crippen LogP contribution in [0.2, 0.25) is 0 Å². The first-order valence-corrected chi connectivity index (χ1v) is 8.85. The Bertz CT molecular complexity index is 1060. The number of non-ortho nitro benzene ring substituents is 1. The summed E-state index contributed by atoms with van der Waals surface area (Å²) in [5.41, 5.74) is -0.0939. The molecule has 0 saturated heterocycles. The third kappa shape index (κ3) is 5.19. The third-order valence-corrected chi connectivity index (χ3v) is 4.05. The number of rotatable bonds is 8. The minimum absolute atomic E-state index is 0.0467. The zero-order valence-electron chi connectivity index (χ0n) is 16.0. The number of nitrogens with zero attached hydrogens (tertiary/aromatic N) is 3. The standard InChI is InChI=1S/C20H18N4O6/c1-29-20(26)15-10-14(11-17(12-15)24(27)28)19(25)22-16-4-2-5-18(13-16)30-9-8-23-7-3-6-21-23/h2-7,10-13H,8-9H2,1H3,(H,22,25). The second-order valence-electron chi connectivity index (χ2n) is 6.12. The molecule has 0 unspecified atom stereocenters. The lowest BCUT2D eigenvalue weighted by molar-refractivity contribution is -0.384. The number of aromatic nitrogens is 2. The fraction of sp³-hybridized carbons (Fsp3) is 0.150. The summed E-state index contributed by atoms with van der Waals surface area (Å²) in [5, 5.41) is 17.8. The smallest absolute Gasteiger partial charge is 0.338 e. The van der Waals surface area contributed by atoms with Gasteiger partial charge in [-0.25, -0.2) is 4.79 Å². The van der Waals surface area contributed by atoms with Gasteiger partial charge in [0.15, 0.2) is 0 Å². The molecule has 0 spiro atoms.